The van der Waals surface area contributed by atoms with E-state index in [1.54, 1.807) is 0 Å². The minimum absolute atomic E-state index is 0.182. The van der Waals surface area contributed by atoms with Gasteiger partial charge in [-0.15, -0.1) is 0 Å². The van der Waals surface area contributed by atoms with Crippen LogP contribution in [-0.2, 0) is 6.18 Å². The summed E-state index contributed by atoms with van der Waals surface area (Å²) in [7, 11) is 0. The highest BCUT2D eigenvalue weighted by Crippen LogP contribution is 2.34. The lowest BCUT2D eigenvalue weighted by Gasteiger charge is -2.12. The molecule has 84 valence electrons. The summed E-state index contributed by atoms with van der Waals surface area (Å²) in [6.07, 6.45) is -8.27. The van der Waals surface area contributed by atoms with Crippen molar-refractivity contribution in [1.29, 1.82) is 0 Å². The maximum Gasteiger partial charge on any atom is 0.431 e. The number of alkyl halides is 5. The molecule has 1 N–H and O–H groups in total. The van der Waals surface area contributed by atoms with Gasteiger partial charge in [-0.25, -0.2) is 8.78 Å². The van der Waals surface area contributed by atoms with Crippen LogP contribution >= 0.6 is 0 Å². The van der Waals surface area contributed by atoms with E-state index >= 15 is 0 Å². The second-order valence-electron chi connectivity index (χ2n) is 2.91. The smallest absolute Gasteiger partial charge is 0.318 e. The summed E-state index contributed by atoms with van der Waals surface area (Å²) < 4.78 is 61.1. The molecule has 0 saturated heterocycles. The molecule has 0 fully saturated rings. The Balaban J connectivity index is 3.49. The van der Waals surface area contributed by atoms with Crippen molar-refractivity contribution in [2.75, 3.05) is 0 Å². The van der Waals surface area contributed by atoms with Crippen molar-refractivity contribution in [3.8, 4) is 0 Å². The number of pyridine rings is 1. The van der Waals surface area contributed by atoms with Crippen LogP contribution in [0.2, 0.25) is 0 Å². The Hall–Kier alpha value is -1.40. The number of halogens is 5. The Morgan fingerprint density at radius 1 is 1.33 bits per heavy atom. The minimum atomic E-state index is -4.99. The molecule has 7 heteroatoms. The van der Waals surface area contributed by atoms with Gasteiger partial charge < -0.3 is 4.98 Å². The first kappa shape index (κ1) is 11.7. The molecule has 0 aliphatic heterocycles. The molecular weight excluding hydrogens is 221 g/mol. The van der Waals surface area contributed by atoms with Crippen molar-refractivity contribution in [2.24, 2.45) is 0 Å². The summed E-state index contributed by atoms with van der Waals surface area (Å²) in [6, 6.07) is 0.548. The molecule has 1 heterocycles. The molecule has 0 saturated carbocycles. The van der Waals surface area contributed by atoms with Crippen molar-refractivity contribution in [3.05, 3.63) is 33.2 Å². The maximum atomic E-state index is 12.2. The molecule has 1 aromatic rings. The molecule has 0 unspecified atom stereocenters. The average molecular weight is 227 g/mol. The Morgan fingerprint density at radius 3 is 2.27 bits per heavy atom. The zero-order chi connectivity index (χ0) is 11.8. The summed E-state index contributed by atoms with van der Waals surface area (Å²) in [6.45, 7) is 1.16. The van der Waals surface area contributed by atoms with Crippen LogP contribution in [0.3, 0.4) is 0 Å². The number of H-pyrrole nitrogens is 1. The fourth-order valence-electron chi connectivity index (χ4n) is 1.06. The van der Waals surface area contributed by atoms with Crippen LogP contribution in [0, 0.1) is 6.92 Å². The second kappa shape index (κ2) is 3.63. The summed E-state index contributed by atoms with van der Waals surface area (Å²) in [4.78, 5) is 12.3. The Bertz CT molecular complexity index is 420. The van der Waals surface area contributed by atoms with Gasteiger partial charge >= 0.3 is 6.18 Å². The number of aryl methyl sites for hydroxylation is 1. The van der Waals surface area contributed by atoms with Crippen molar-refractivity contribution < 1.29 is 22.0 Å². The van der Waals surface area contributed by atoms with Gasteiger partial charge in [-0.1, -0.05) is 0 Å². The van der Waals surface area contributed by atoms with E-state index < -0.39 is 29.4 Å². The Labute approximate surface area is 80.7 Å². The monoisotopic (exact) mass is 227 g/mol. The lowest BCUT2D eigenvalue weighted by molar-refractivity contribution is -0.143. The lowest BCUT2D eigenvalue weighted by atomic mass is 10.1. The minimum Gasteiger partial charge on any atom is -0.318 e. The van der Waals surface area contributed by atoms with E-state index in [1.165, 1.54) is 4.98 Å². The highest BCUT2D eigenvalue weighted by Gasteiger charge is 2.37. The van der Waals surface area contributed by atoms with Crippen LogP contribution in [0.1, 0.15) is 23.2 Å². The molecule has 0 radical (unpaired) electrons. The van der Waals surface area contributed by atoms with Gasteiger partial charge in [0.05, 0.1) is 0 Å². The number of aromatic amines is 1. The van der Waals surface area contributed by atoms with Crippen LogP contribution in [-0.4, -0.2) is 4.98 Å². The van der Waals surface area contributed by atoms with Crippen LogP contribution in [0.4, 0.5) is 22.0 Å². The van der Waals surface area contributed by atoms with Crippen molar-refractivity contribution in [2.45, 2.75) is 19.5 Å². The normalized spacial score (nSPS) is 12.2. The predicted octanol–water partition coefficient (Wildman–Crippen LogP) is 2.64. The van der Waals surface area contributed by atoms with Gasteiger partial charge in [0.2, 0.25) is 0 Å². The highest BCUT2D eigenvalue weighted by atomic mass is 19.4. The molecule has 0 aliphatic rings. The summed E-state index contributed by atoms with van der Waals surface area (Å²) >= 11 is 0. The standard InChI is InChI=1S/C8H6F5NO/c1-3-2-4(6(9)10)5(8(11,12)13)14-7(3)15/h2,6H,1H3,(H,14,15). The first-order valence-electron chi connectivity index (χ1n) is 3.82. The third-order valence-electron chi connectivity index (χ3n) is 1.78. The molecule has 0 amide bonds. The lowest BCUT2D eigenvalue weighted by Crippen LogP contribution is -2.21. The van der Waals surface area contributed by atoms with Gasteiger partial charge in [-0.2, -0.15) is 13.2 Å². The molecule has 0 aromatic carbocycles. The zero-order valence-electron chi connectivity index (χ0n) is 7.45. The molecule has 2 nitrogen and oxygen atoms in total. The Kier molecular flexibility index (Phi) is 2.83. The van der Waals surface area contributed by atoms with Gasteiger partial charge in [0, 0.05) is 11.1 Å². The first-order chi connectivity index (χ1) is 6.73. The van der Waals surface area contributed by atoms with Gasteiger partial charge in [-0.05, 0) is 13.0 Å². The maximum absolute atomic E-state index is 12.2. The molecule has 1 aromatic heterocycles. The van der Waals surface area contributed by atoms with Gasteiger partial charge in [0.25, 0.3) is 12.0 Å². The molecule has 0 spiro atoms. The van der Waals surface area contributed by atoms with E-state index in [-0.39, 0.29) is 5.56 Å². The molecule has 0 aliphatic carbocycles. The average Bonchev–Trinajstić information content (AvgIpc) is 2.06. The van der Waals surface area contributed by atoms with E-state index in [0.717, 1.165) is 6.92 Å². The molecule has 15 heavy (non-hydrogen) atoms. The van der Waals surface area contributed by atoms with Gasteiger partial charge in [0.15, 0.2) is 0 Å². The van der Waals surface area contributed by atoms with E-state index in [2.05, 4.69) is 0 Å². The molecule has 0 atom stereocenters. The predicted molar refractivity (Wildman–Crippen MR) is 41.8 cm³/mol. The van der Waals surface area contributed by atoms with Crippen LogP contribution in [0.15, 0.2) is 10.9 Å². The Morgan fingerprint density at radius 2 is 1.87 bits per heavy atom. The molecular formula is C8H6F5NO. The largest absolute Gasteiger partial charge is 0.431 e. The van der Waals surface area contributed by atoms with E-state index in [9.17, 15) is 26.7 Å². The molecule has 1 rings (SSSR count). The second-order valence-corrected chi connectivity index (χ2v) is 2.91. The number of aromatic nitrogens is 1. The summed E-state index contributed by atoms with van der Waals surface area (Å²) in [5.74, 6) is 0. The number of nitrogens with one attached hydrogen (secondary N) is 1. The van der Waals surface area contributed by atoms with Crippen LogP contribution < -0.4 is 5.56 Å². The topological polar surface area (TPSA) is 32.9 Å². The van der Waals surface area contributed by atoms with Crippen molar-refractivity contribution >= 4 is 0 Å². The van der Waals surface area contributed by atoms with E-state index in [0.29, 0.717) is 6.07 Å². The van der Waals surface area contributed by atoms with Gasteiger partial charge in [-0.3, -0.25) is 4.79 Å². The third kappa shape index (κ3) is 2.34. The number of hydrogen-bond donors (Lipinski definition) is 1. The SMILES string of the molecule is Cc1cc(C(F)F)c(C(F)(F)F)[nH]c1=O. The van der Waals surface area contributed by atoms with Crippen LogP contribution in [0.5, 0.6) is 0 Å². The highest BCUT2D eigenvalue weighted by molar-refractivity contribution is 5.27. The molecule has 0 bridgehead atoms. The zero-order valence-corrected chi connectivity index (χ0v) is 7.45. The van der Waals surface area contributed by atoms with Crippen molar-refractivity contribution in [3.63, 3.8) is 0 Å². The van der Waals surface area contributed by atoms with Gasteiger partial charge in [0.1, 0.15) is 5.69 Å². The quantitative estimate of drug-likeness (QED) is 0.735. The number of hydrogen-bond acceptors (Lipinski definition) is 1. The van der Waals surface area contributed by atoms with E-state index in [1.807, 2.05) is 0 Å². The first-order valence-corrected chi connectivity index (χ1v) is 3.82. The van der Waals surface area contributed by atoms with Crippen LogP contribution in [0.25, 0.3) is 0 Å². The number of rotatable bonds is 1. The van der Waals surface area contributed by atoms with E-state index in [4.69, 9.17) is 0 Å². The fraction of sp³-hybridized carbons (Fsp3) is 0.375. The summed E-state index contributed by atoms with van der Waals surface area (Å²) in [5, 5.41) is 0. The summed E-state index contributed by atoms with van der Waals surface area (Å²) in [5.41, 5.74) is -4.10. The third-order valence-corrected chi connectivity index (χ3v) is 1.78. The van der Waals surface area contributed by atoms with Crippen molar-refractivity contribution in [1.82, 2.24) is 4.98 Å². The fourth-order valence-corrected chi connectivity index (χ4v) is 1.06.